The van der Waals surface area contributed by atoms with Gasteiger partial charge >= 0.3 is 0 Å². The second-order valence-electron chi connectivity index (χ2n) is 7.80. The van der Waals surface area contributed by atoms with Crippen LogP contribution in [0.3, 0.4) is 0 Å². The summed E-state index contributed by atoms with van der Waals surface area (Å²) in [5.41, 5.74) is 2.89. The molecule has 1 saturated heterocycles. The highest BCUT2D eigenvalue weighted by Crippen LogP contribution is 2.32. The monoisotopic (exact) mass is 444 g/mol. The van der Waals surface area contributed by atoms with Gasteiger partial charge in [-0.3, -0.25) is 4.79 Å². The quantitative estimate of drug-likeness (QED) is 0.705. The van der Waals surface area contributed by atoms with Crippen LogP contribution in [0.1, 0.15) is 30.4 Å². The van der Waals surface area contributed by atoms with Crippen molar-refractivity contribution >= 4 is 39.3 Å². The Balaban J connectivity index is 1.40. The molecule has 158 valence electrons. The van der Waals surface area contributed by atoms with Crippen LogP contribution in [0, 0.1) is 5.92 Å². The van der Waals surface area contributed by atoms with E-state index in [1.54, 1.807) is 6.08 Å². The number of benzene rings is 2. The number of amides is 1. The lowest BCUT2D eigenvalue weighted by Gasteiger charge is -2.35. The maximum absolute atomic E-state index is 13.2. The molecule has 4 rings (SSSR count). The summed E-state index contributed by atoms with van der Waals surface area (Å²) in [6.45, 7) is 1.42. The molecular formula is C23H25ClN2O3S. The number of fused-ring (bicyclic) bond motifs is 1. The number of carbonyl (C=O) groups excluding carboxylic acids is 1. The largest absolute Gasteiger partial charge is 0.312 e. The average Bonchev–Trinajstić information content (AvgIpc) is 2.77. The molecule has 30 heavy (non-hydrogen) atoms. The third kappa shape index (κ3) is 4.61. The average molecular weight is 445 g/mol. The summed E-state index contributed by atoms with van der Waals surface area (Å²) in [6.07, 6.45) is 4.52. The summed E-state index contributed by atoms with van der Waals surface area (Å²) in [5.74, 6) is -0.0636. The fourth-order valence-electron chi connectivity index (χ4n) is 4.19. The summed E-state index contributed by atoms with van der Waals surface area (Å²) in [6, 6.07) is 15.0. The standard InChI is InChI=1S/C23H25ClN2O3S/c24-21-8-9-22-20(17-21)7-4-13-26(22)23(27)19-10-14-25(15-11-19)30(28,29)16-12-18-5-2-1-3-6-18/h1-3,5-6,8-9,12,16-17,19H,4,7,10-11,13-15H2/b16-12+. The van der Waals surface area contributed by atoms with Crippen LogP contribution >= 0.6 is 11.6 Å². The first-order valence-electron chi connectivity index (χ1n) is 10.3. The maximum Gasteiger partial charge on any atom is 0.236 e. The van der Waals surface area contributed by atoms with E-state index in [0.29, 0.717) is 37.5 Å². The second-order valence-corrected chi connectivity index (χ2v) is 10.1. The zero-order valence-electron chi connectivity index (χ0n) is 16.7. The van der Waals surface area contributed by atoms with Gasteiger partial charge in [-0.25, -0.2) is 8.42 Å². The van der Waals surface area contributed by atoms with Crippen molar-refractivity contribution in [2.45, 2.75) is 25.7 Å². The Hall–Kier alpha value is -2.15. The van der Waals surface area contributed by atoms with Gasteiger partial charge in [0.25, 0.3) is 0 Å². The van der Waals surface area contributed by atoms with Crippen LogP contribution in [-0.2, 0) is 21.2 Å². The molecule has 0 atom stereocenters. The van der Waals surface area contributed by atoms with Gasteiger partial charge in [0.05, 0.1) is 0 Å². The van der Waals surface area contributed by atoms with E-state index in [1.807, 2.05) is 53.4 Å². The first-order chi connectivity index (χ1) is 14.4. The van der Waals surface area contributed by atoms with E-state index >= 15 is 0 Å². The van der Waals surface area contributed by atoms with Crippen molar-refractivity contribution in [3.8, 4) is 0 Å². The minimum Gasteiger partial charge on any atom is -0.312 e. The Bertz CT molecular complexity index is 1050. The Labute approximate surface area is 183 Å². The molecule has 7 heteroatoms. The van der Waals surface area contributed by atoms with Crippen molar-refractivity contribution in [3.63, 3.8) is 0 Å². The van der Waals surface area contributed by atoms with Crippen molar-refractivity contribution in [1.82, 2.24) is 4.31 Å². The predicted octanol–water partition coefficient (Wildman–Crippen LogP) is 4.33. The Kier molecular flexibility index (Phi) is 6.27. The number of halogens is 1. The van der Waals surface area contributed by atoms with Crippen molar-refractivity contribution < 1.29 is 13.2 Å². The molecule has 1 fully saturated rings. The molecule has 2 aliphatic heterocycles. The second kappa shape index (κ2) is 8.92. The SMILES string of the molecule is O=C(C1CCN(S(=O)(=O)/C=C/c2ccccc2)CC1)N1CCCc2cc(Cl)ccc21. The van der Waals surface area contributed by atoms with Gasteiger partial charge in [0.1, 0.15) is 0 Å². The summed E-state index contributed by atoms with van der Waals surface area (Å²) in [4.78, 5) is 15.0. The Morgan fingerprint density at radius 3 is 2.50 bits per heavy atom. The van der Waals surface area contributed by atoms with E-state index in [9.17, 15) is 13.2 Å². The highest BCUT2D eigenvalue weighted by Gasteiger charge is 2.34. The first kappa shape index (κ1) is 21.1. The van der Waals surface area contributed by atoms with Gasteiger partial charge in [0.15, 0.2) is 0 Å². The molecule has 5 nitrogen and oxygen atoms in total. The van der Waals surface area contributed by atoms with E-state index in [0.717, 1.165) is 29.7 Å². The van der Waals surface area contributed by atoms with E-state index in [4.69, 9.17) is 11.6 Å². The van der Waals surface area contributed by atoms with Gasteiger partial charge in [-0.2, -0.15) is 4.31 Å². The fraction of sp³-hybridized carbons (Fsp3) is 0.348. The van der Waals surface area contributed by atoms with Crippen LogP contribution in [0.4, 0.5) is 5.69 Å². The van der Waals surface area contributed by atoms with E-state index in [2.05, 4.69) is 0 Å². The summed E-state index contributed by atoms with van der Waals surface area (Å²) in [5, 5.41) is 1.94. The molecule has 0 unspecified atom stereocenters. The van der Waals surface area contributed by atoms with E-state index < -0.39 is 10.0 Å². The molecule has 0 aliphatic carbocycles. The summed E-state index contributed by atoms with van der Waals surface area (Å²) >= 11 is 6.10. The van der Waals surface area contributed by atoms with Crippen LogP contribution < -0.4 is 4.90 Å². The van der Waals surface area contributed by atoms with Crippen LogP contribution in [0.2, 0.25) is 5.02 Å². The van der Waals surface area contributed by atoms with Crippen molar-refractivity contribution in [2.75, 3.05) is 24.5 Å². The molecule has 0 radical (unpaired) electrons. The first-order valence-corrected chi connectivity index (χ1v) is 12.2. The molecule has 0 saturated carbocycles. The molecule has 2 aromatic rings. The third-order valence-corrected chi connectivity index (χ3v) is 7.62. The highest BCUT2D eigenvalue weighted by molar-refractivity contribution is 7.92. The van der Waals surface area contributed by atoms with Gasteiger partial charge in [-0.15, -0.1) is 0 Å². The van der Waals surface area contributed by atoms with Crippen molar-refractivity contribution in [3.05, 3.63) is 70.1 Å². The molecule has 2 aromatic carbocycles. The molecule has 2 heterocycles. The third-order valence-electron chi connectivity index (χ3n) is 5.82. The molecule has 0 aromatic heterocycles. The number of nitrogens with zero attached hydrogens (tertiary/aromatic N) is 2. The topological polar surface area (TPSA) is 57.7 Å². The van der Waals surface area contributed by atoms with Gasteiger partial charge in [-0.05, 0) is 61.1 Å². The van der Waals surface area contributed by atoms with Crippen LogP contribution in [-0.4, -0.2) is 38.3 Å². The zero-order valence-corrected chi connectivity index (χ0v) is 18.3. The Morgan fingerprint density at radius 1 is 1.03 bits per heavy atom. The number of anilines is 1. The lowest BCUT2D eigenvalue weighted by atomic mass is 9.94. The van der Waals surface area contributed by atoms with Crippen molar-refractivity contribution in [1.29, 1.82) is 0 Å². The summed E-state index contributed by atoms with van der Waals surface area (Å²) < 4.78 is 26.8. The van der Waals surface area contributed by atoms with Gasteiger partial charge in [-0.1, -0.05) is 41.9 Å². The van der Waals surface area contributed by atoms with Crippen LogP contribution in [0.25, 0.3) is 6.08 Å². The molecular weight excluding hydrogens is 420 g/mol. The number of aryl methyl sites for hydroxylation is 1. The van der Waals surface area contributed by atoms with Crippen LogP contribution in [0.5, 0.6) is 0 Å². The number of carbonyl (C=O) groups is 1. The number of hydrogen-bond donors (Lipinski definition) is 0. The number of piperidine rings is 1. The number of rotatable bonds is 4. The molecule has 1 amide bonds. The molecule has 2 aliphatic rings. The van der Waals surface area contributed by atoms with Gasteiger partial charge in [0, 0.05) is 41.7 Å². The molecule has 0 bridgehead atoms. The number of hydrogen-bond acceptors (Lipinski definition) is 3. The fourth-order valence-corrected chi connectivity index (χ4v) is 5.60. The predicted molar refractivity (Wildman–Crippen MR) is 121 cm³/mol. The molecule has 0 spiro atoms. The van der Waals surface area contributed by atoms with Gasteiger partial charge < -0.3 is 4.90 Å². The molecule has 0 N–H and O–H groups in total. The minimum absolute atomic E-state index is 0.0927. The van der Waals surface area contributed by atoms with Crippen LogP contribution in [0.15, 0.2) is 53.9 Å². The lowest BCUT2D eigenvalue weighted by Crippen LogP contribution is -2.45. The van der Waals surface area contributed by atoms with E-state index in [1.165, 1.54) is 9.71 Å². The van der Waals surface area contributed by atoms with Gasteiger partial charge in [0.2, 0.25) is 15.9 Å². The smallest absolute Gasteiger partial charge is 0.236 e. The summed E-state index contributed by atoms with van der Waals surface area (Å²) in [7, 11) is -3.50. The van der Waals surface area contributed by atoms with Crippen molar-refractivity contribution in [2.24, 2.45) is 5.92 Å². The zero-order chi connectivity index (χ0) is 21.1. The van der Waals surface area contributed by atoms with E-state index in [-0.39, 0.29) is 11.8 Å². The Morgan fingerprint density at radius 2 is 1.77 bits per heavy atom. The highest BCUT2D eigenvalue weighted by atomic mass is 35.5. The normalized spacial score (nSPS) is 18.5. The maximum atomic E-state index is 13.2. The minimum atomic E-state index is -3.50. The lowest BCUT2D eigenvalue weighted by molar-refractivity contribution is -0.123. The number of sulfonamides is 1.